The molecule has 1 aliphatic rings. The topological polar surface area (TPSA) is 4.93 Å². The molecule has 0 unspecified atom stereocenters. The summed E-state index contributed by atoms with van der Waals surface area (Å²) in [4.78, 5) is 0. The van der Waals surface area contributed by atoms with Gasteiger partial charge in [0.2, 0.25) is 0 Å². The van der Waals surface area contributed by atoms with Gasteiger partial charge in [-0.25, -0.2) is 0 Å². The molecular formula is C14H17N. The summed E-state index contributed by atoms with van der Waals surface area (Å²) in [5, 5.41) is 1.54. The highest BCUT2D eigenvalue weighted by Gasteiger charge is 2.16. The van der Waals surface area contributed by atoms with E-state index in [1.54, 1.807) is 11.1 Å². The zero-order valence-corrected chi connectivity index (χ0v) is 9.46. The van der Waals surface area contributed by atoms with Gasteiger partial charge in [0.15, 0.2) is 0 Å². The first-order chi connectivity index (χ1) is 7.27. The molecular weight excluding hydrogens is 182 g/mol. The first kappa shape index (κ1) is 9.02. The first-order valence-corrected chi connectivity index (χ1v) is 5.88. The highest BCUT2D eigenvalue weighted by molar-refractivity contribution is 5.88. The number of aromatic nitrogens is 1. The fraction of sp³-hybridized carbons (Fsp3) is 0.429. The van der Waals surface area contributed by atoms with Crippen molar-refractivity contribution in [2.24, 2.45) is 0 Å². The lowest BCUT2D eigenvalue weighted by Crippen LogP contribution is -1.98. The zero-order valence-electron chi connectivity index (χ0n) is 9.46. The maximum Gasteiger partial charge on any atom is 0.0488 e. The summed E-state index contributed by atoms with van der Waals surface area (Å²) in [5.41, 5.74) is 4.53. The van der Waals surface area contributed by atoms with Gasteiger partial charge >= 0.3 is 0 Å². The third kappa shape index (κ3) is 1.22. The minimum atomic E-state index is 0.564. The Balaban J connectivity index is 2.38. The second kappa shape index (κ2) is 3.13. The fourth-order valence-electron chi connectivity index (χ4n) is 2.77. The van der Waals surface area contributed by atoms with Crippen molar-refractivity contribution >= 4 is 10.9 Å². The Kier molecular flexibility index (Phi) is 1.88. The van der Waals surface area contributed by atoms with E-state index < -0.39 is 0 Å². The van der Waals surface area contributed by atoms with Gasteiger partial charge in [-0.3, -0.25) is 0 Å². The predicted octanol–water partition coefficient (Wildman–Crippen LogP) is 3.71. The van der Waals surface area contributed by atoms with Gasteiger partial charge in [-0.1, -0.05) is 12.1 Å². The van der Waals surface area contributed by atoms with Gasteiger partial charge in [-0.15, -0.1) is 0 Å². The molecule has 78 valence electrons. The average Bonchev–Trinajstić information content (AvgIpc) is 2.61. The van der Waals surface area contributed by atoms with E-state index in [2.05, 4.69) is 42.8 Å². The van der Waals surface area contributed by atoms with E-state index in [9.17, 15) is 0 Å². The van der Waals surface area contributed by atoms with Gasteiger partial charge in [-0.05, 0) is 50.3 Å². The molecule has 1 aromatic heterocycles. The summed E-state index contributed by atoms with van der Waals surface area (Å²) in [5.74, 6) is 0. The van der Waals surface area contributed by atoms with Crippen LogP contribution in [0.25, 0.3) is 10.9 Å². The van der Waals surface area contributed by atoms with Gasteiger partial charge in [0.1, 0.15) is 0 Å². The molecule has 0 radical (unpaired) electrons. The first-order valence-electron chi connectivity index (χ1n) is 5.88. The van der Waals surface area contributed by atoms with Crippen molar-refractivity contribution in [3.8, 4) is 0 Å². The van der Waals surface area contributed by atoms with Gasteiger partial charge in [-0.2, -0.15) is 0 Å². The maximum absolute atomic E-state index is 2.42. The van der Waals surface area contributed by atoms with Crippen LogP contribution in [-0.2, 0) is 12.8 Å². The zero-order chi connectivity index (χ0) is 10.4. The van der Waals surface area contributed by atoms with Crippen molar-refractivity contribution in [2.45, 2.75) is 39.2 Å². The number of hydrogen-bond donors (Lipinski definition) is 0. The number of nitrogens with zero attached hydrogens (tertiary/aromatic N) is 1. The molecule has 0 amide bonds. The lowest BCUT2D eigenvalue weighted by Gasteiger charge is -2.12. The highest BCUT2D eigenvalue weighted by atomic mass is 15.0. The van der Waals surface area contributed by atoms with E-state index in [1.165, 1.54) is 30.2 Å². The van der Waals surface area contributed by atoms with Crippen molar-refractivity contribution in [1.29, 1.82) is 0 Å². The van der Waals surface area contributed by atoms with Crippen molar-refractivity contribution < 1.29 is 0 Å². The summed E-state index contributed by atoms with van der Waals surface area (Å²) >= 11 is 0. The van der Waals surface area contributed by atoms with E-state index in [0.717, 1.165) is 0 Å². The van der Waals surface area contributed by atoms with E-state index in [4.69, 9.17) is 0 Å². The Morgan fingerprint density at radius 3 is 2.73 bits per heavy atom. The van der Waals surface area contributed by atoms with Crippen LogP contribution in [0.3, 0.4) is 0 Å². The van der Waals surface area contributed by atoms with Gasteiger partial charge in [0.05, 0.1) is 0 Å². The SMILES string of the molecule is CC(C)n1cc2c3c(cccc31)CCC2. The van der Waals surface area contributed by atoms with Crippen LogP contribution in [0.2, 0.25) is 0 Å². The number of hydrogen-bond acceptors (Lipinski definition) is 0. The molecule has 1 nitrogen and oxygen atoms in total. The van der Waals surface area contributed by atoms with E-state index >= 15 is 0 Å². The van der Waals surface area contributed by atoms with Gasteiger partial charge < -0.3 is 4.57 Å². The smallest absolute Gasteiger partial charge is 0.0488 e. The number of rotatable bonds is 1. The second-order valence-corrected chi connectivity index (χ2v) is 4.82. The lowest BCUT2D eigenvalue weighted by molar-refractivity contribution is 0.620. The van der Waals surface area contributed by atoms with Crippen molar-refractivity contribution in [3.05, 3.63) is 35.5 Å². The molecule has 0 atom stereocenters. The fourth-order valence-corrected chi connectivity index (χ4v) is 2.77. The molecule has 2 aromatic rings. The molecule has 0 fully saturated rings. The standard InChI is InChI=1S/C14H17N/c1-10(2)15-9-12-7-3-5-11-6-4-8-13(15)14(11)12/h4,6,8-10H,3,5,7H2,1-2H3. The van der Waals surface area contributed by atoms with Crippen molar-refractivity contribution in [3.63, 3.8) is 0 Å². The summed E-state index contributed by atoms with van der Waals surface area (Å²) in [7, 11) is 0. The lowest BCUT2D eigenvalue weighted by atomic mass is 9.93. The number of aryl methyl sites for hydroxylation is 2. The van der Waals surface area contributed by atoms with E-state index in [-0.39, 0.29) is 0 Å². The molecule has 0 saturated carbocycles. The molecule has 1 aliphatic carbocycles. The third-order valence-electron chi connectivity index (χ3n) is 3.47. The monoisotopic (exact) mass is 199 g/mol. The summed E-state index contributed by atoms with van der Waals surface area (Å²) in [6.45, 7) is 4.52. The quantitative estimate of drug-likeness (QED) is 0.659. The summed E-state index contributed by atoms with van der Waals surface area (Å²) < 4.78 is 2.42. The minimum absolute atomic E-state index is 0.564. The molecule has 0 spiro atoms. The molecule has 0 bridgehead atoms. The van der Waals surface area contributed by atoms with Crippen LogP contribution in [0.15, 0.2) is 24.4 Å². The van der Waals surface area contributed by atoms with Crippen molar-refractivity contribution in [1.82, 2.24) is 4.57 Å². The van der Waals surface area contributed by atoms with Gasteiger partial charge in [0.25, 0.3) is 0 Å². The van der Waals surface area contributed by atoms with Crippen LogP contribution in [-0.4, -0.2) is 4.57 Å². The molecule has 0 aliphatic heterocycles. The van der Waals surface area contributed by atoms with Gasteiger partial charge in [0, 0.05) is 23.1 Å². The molecule has 0 N–H and O–H groups in total. The second-order valence-electron chi connectivity index (χ2n) is 4.82. The van der Waals surface area contributed by atoms with Crippen LogP contribution in [0.1, 0.15) is 37.4 Å². The van der Waals surface area contributed by atoms with Crippen LogP contribution in [0.4, 0.5) is 0 Å². The normalized spacial score (nSPS) is 15.1. The molecule has 1 aromatic carbocycles. The van der Waals surface area contributed by atoms with Crippen LogP contribution in [0.5, 0.6) is 0 Å². The highest BCUT2D eigenvalue weighted by Crippen LogP contribution is 2.32. The Morgan fingerprint density at radius 2 is 1.93 bits per heavy atom. The van der Waals surface area contributed by atoms with E-state index in [1.807, 2.05) is 0 Å². The number of benzene rings is 1. The molecule has 1 heterocycles. The largest absolute Gasteiger partial charge is 0.345 e. The minimum Gasteiger partial charge on any atom is -0.345 e. The van der Waals surface area contributed by atoms with E-state index in [0.29, 0.717) is 6.04 Å². The predicted molar refractivity (Wildman–Crippen MR) is 64.3 cm³/mol. The van der Waals surface area contributed by atoms with Crippen LogP contribution in [0, 0.1) is 0 Å². The Hall–Kier alpha value is -1.24. The van der Waals surface area contributed by atoms with Crippen LogP contribution < -0.4 is 0 Å². The molecule has 0 saturated heterocycles. The van der Waals surface area contributed by atoms with Crippen LogP contribution >= 0.6 is 0 Å². The summed E-state index contributed by atoms with van der Waals surface area (Å²) in [6.07, 6.45) is 6.19. The molecule has 15 heavy (non-hydrogen) atoms. The molecule has 3 rings (SSSR count). The summed E-state index contributed by atoms with van der Waals surface area (Å²) in [6, 6.07) is 7.31. The van der Waals surface area contributed by atoms with Crippen molar-refractivity contribution in [2.75, 3.05) is 0 Å². The Labute approximate surface area is 90.7 Å². The Bertz CT molecular complexity index is 505. The third-order valence-corrected chi connectivity index (χ3v) is 3.47. The maximum atomic E-state index is 2.42. The average molecular weight is 199 g/mol. The molecule has 1 heteroatoms. The Morgan fingerprint density at radius 1 is 1.13 bits per heavy atom.